The van der Waals surface area contributed by atoms with Gasteiger partial charge in [-0.25, -0.2) is 4.79 Å². The van der Waals surface area contributed by atoms with Crippen LogP contribution in [0.1, 0.15) is 26.3 Å². The molecule has 0 fully saturated rings. The highest BCUT2D eigenvalue weighted by atomic mass is 16.6. The molecule has 0 saturated heterocycles. The second-order valence-electron chi connectivity index (χ2n) is 4.68. The summed E-state index contributed by atoms with van der Waals surface area (Å²) in [6.45, 7) is 5.30. The Hall–Kier alpha value is -1.55. The standard InChI is InChI=1S/C13H18O4/c1-13(2,3)17-12(15)9-16-11-6-4-10(8-14)5-7-11/h4-7,14H,8-9H2,1-3H3. The lowest BCUT2D eigenvalue weighted by atomic mass is 10.2. The average Bonchev–Trinajstić information content (AvgIpc) is 2.25. The minimum atomic E-state index is -0.499. The number of hydrogen-bond acceptors (Lipinski definition) is 4. The Kier molecular flexibility index (Phi) is 4.52. The van der Waals surface area contributed by atoms with Crippen LogP contribution in [-0.4, -0.2) is 23.3 Å². The van der Waals surface area contributed by atoms with Gasteiger partial charge in [-0.1, -0.05) is 12.1 Å². The van der Waals surface area contributed by atoms with Gasteiger partial charge in [0.05, 0.1) is 6.61 Å². The van der Waals surface area contributed by atoms with Crippen LogP contribution in [0.5, 0.6) is 5.75 Å². The smallest absolute Gasteiger partial charge is 0.344 e. The Morgan fingerprint density at radius 2 is 1.82 bits per heavy atom. The van der Waals surface area contributed by atoms with Gasteiger partial charge in [0.1, 0.15) is 11.4 Å². The first-order valence-corrected chi connectivity index (χ1v) is 5.45. The quantitative estimate of drug-likeness (QED) is 0.814. The van der Waals surface area contributed by atoms with Crippen molar-refractivity contribution in [3.63, 3.8) is 0 Å². The lowest BCUT2D eigenvalue weighted by Gasteiger charge is -2.19. The van der Waals surface area contributed by atoms with Gasteiger partial charge >= 0.3 is 5.97 Å². The molecule has 0 bridgehead atoms. The predicted octanol–water partition coefficient (Wildman–Crippen LogP) is 1.90. The SMILES string of the molecule is CC(C)(C)OC(=O)COc1ccc(CO)cc1. The summed E-state index contributed by atoms with van der Waals surface area (Å²) >= 11 is 0. The highest BCUT2D eigenvalue weighted by Crippen LogP contribution is 2.13. The molecule has 0 aliphatic heterocycles. The van der Waals surface area contributed by atoms with E-state index in [9.17, 15) is 4.79 Å². The van der Waals surface area contributed by atoms with Crippen LogP contribution in [-0.2, 0) is 16.1 Å². The number of benzene rings is 1. The van der Waals surface area contributed by atoms with Gasteiger partial charge < -0.3 is 14.6 Å². The Balaban J connectivity index is 2.42. The monoisotopic (exact) mass is 238 g/mol. The van der Waals surface area contributed by atoms with E-state index < -0.39 is 11.6 Å². The maximum absolute atomic E-state index is 11.4. The summed E-state index contributed by atoms with van der Waals surface area (Å²) in [6.07, 6.45) is 0. The van der Waals surface area contributed by atoms with Crippen LogP contribution in [0.3, 0.4) is 0 Å². The number of hydrogen-bond donors (Lipinski definition) is 1. The third kappa shape index (κ3) is 5.36. The zero-order valence-electron chi connectivity index (χ0n) is 10.4. The lowest BCUT2D eigenvalue weighted by Crippen LogP contribution is -2.27. The topological polar surface area (TPSA) is 55.8 Å². The molecular weight excluding hydrogens is 220 g/mol. The molecule has 0 aliphatic rings. The van der Waals surface area contributed by atoms with Gasteiger partial charge in [0.15, 0.2) is 6.61 Å². The van der Waals surface area contributed by atoms with Crippen molar-refractivity contribution in [2.45, 2.75) is 33.0 Å². The number of esters is 1. The summed E-state index contributed by atoms with van der Waals surface area (Å²) in [5.41, 5.74) is 0.302. The van der Waals surface area contributed by atoms with Crippen molar-refractivity contribution in [2.24, 2.45) is 0 Å². The number of rotatable bonds is 4. The zero-order chi connectivity index (χ0) is 12.9. The molecule has 0 spiro atoms. The first kappa shape index (κ1) is 13.5. The van der Waals surface area contributed by atoms with E-state index in [1.165, 1.54) is 0 Å². The number of aliphatic hydroxyl groups excluding tert-OH is 1. The Morgan fingerprint density at radius 3 is 2.29 bits per heavy atom. The second kappa shape index (κ2) is 5.68. The molecule has 4 heteroatoms. The number of carbonyl (C=O) groups is 1. The van der Waals surface area contributed by atoms with E-state index in [0.29, 0.717) is 5.75 Å². The van der Waals surface area contributed by atoms with E-state index >= 15 is 0 Å². The van der Waals surface area contributed by atoms with Crippen LogP contribution in [0.2, 0.25) is 0 Å². The lowest BCUT2D eigenvalue weighted by molar-refractivity contribution is -0.157. The molecular formula is C13H18O4. The third-order valence-electron chi connectivity index (χ3n) is 1.88. The number of carbonyl (C=O) groups excluding carboxylic acids is 1. The van der Waals surface area contributed by atoms with E-state index in [0.717, 1.165) is 5.56 Å². The molecule has 0 amide bonds. The Bertz CT molecular complexity index is 362. The molecule has 0 saturated carbocycles. The van der Waals surface area contributed by atoms with Crippen LogP contribution in [0.15, 0.2) is 24.3 Å². The largest absolute Gasteiger partial charge is 0.482 e. The minimum Gasteiger partial charge on any atom is -0.482 e. The van der Waals surface area contributed by atoms with Crippen molar-refractivity contribution >= 4 is 5.97 Å². The molecule has 0 heterocycles. The van der Waals surface area contributed by atoms with E-state index in [1.807, 2.05) is 0 Å². The van der Waals surface area contributed by atoms with E-state index in [4.69, 9.17) is 14.6 Å². The molecule has 1 rings (SSSR count). The second-order valence-corrected chi connectivity index (χ2v) is 4.68. The molecule has 0 radical (unpaired) electrons. The predicted molar refractivity (Wildman–Crippen MR) is 63.7 cm³/mol. The molecule has 94 valence electrons. The Morgan fingerprint density at radius 1 is 1.24 bits per heavy atom. The molecule has 17 heavy (non-hydrogen) atoms. The summed E-state index contributed by atoms with van der Waals surface area (Å²) in [5.74, 6) is 0.178. The zero-order valence-corrected chi connectivity index (χ0v) is 10.4. The van der Waals surface area contributed by atoms with E-state index in [1.54, 1.807) is 45.0 Å². The van der Waals surface area contributed by atoms with Gasteiger partial charge in [-0.15, -0.1) is 0 Å². The number of ether oxygens (including phenoxy) is 2. The molecule has 1 aromatic carbocycles. The van der Waals surface area contributed by atoms with E-state index in [2.05, 4.69) is 0 Å². The van der Waals surface area contributed by atoms with Crippen LogP contribution in [0.4, 0.5) is 0 Å². The van der Waals surface area contributed by atoms with Crippen molar-refractivity contribution in [2.75, 3.05) is 6.61 Å². The summed E-state index contributed by atoms with van der Waals surface area (Å²) < 4.78 is 10.4. The van der Waals surface area contributed by atoms with Crippen molar-refractivity contribution in [3.8, 4) is 5.75 Å². The Labute approximate surface area is 101 Å². The fourth-order valence-corrected chi connectivity index (χ4v) is 1.20. The van der Waals surface area contributed by atoms with Crippen molar-refractivity contribution in [1.29, 1.82) is 0 Å². The summed E-state index contributed by atoms with van der Waals surface area (Å²) in [5, 5.41) is 8.86. The fourth-order valence-electron chi connectivity index (χ4n) is 1.20. The molecule has 1 N–H and O–H groups in total. The number of aliphatic hydroxyl groups is 1. The maximum atomic E-state index is 11.4. The van der Waals surface area contributed by atoms with Crippen molar-refractivity contribution in [3.05, 3.63) is 29.8 Å². The third-order valence-corrected chi connectivity index (χ3v) is 1.88. The first-order valence-electron chi connectivity index (χ1n) is 5.45. The van der Waals surface area contributed by atoms with Gasteiger partial charge in [-0.05, 0) is 38.5 Å². The highest BCUT2D eigenvalue weighted by Gasteiger charge is 2.16. The highest BCUT2D eigenvalue weighted by molar-refractivity contribution is 5.71. The first-order chi connectivity index (χ1) is 7.90. The van der Waals surface area contributed by atoms with Gasteiger partial charge in [-0.2, -0.15) is 0 Å². The summed E-state index contributed by atoms with van der Waals surface area (Å²) in [6, 6.07) is 6.89. The maximum Gasteiger partial charge on any atom is 0.344 e. The van der Waals surface area contributed by atoms with Gasteiger partial charge in [0, 0.05) is 0 Å². The average molecular weight is 238 g/mol. The molecule has 4 nitrogen and oxygen atoms in total. The molecule has 0 aromatic heterocycles. The van der Waals surface area contributed by atoms with Gasteiger partial charge in [0.25, 0.3) is 0 Å². The van der Waals surface area contributed by atoms with Gasteiger partial charge in [-0.3, -0.25) is 0 Å². The molecule has 0 atom stereocenters. The normalized spacial score (nSPS) is 11.1. The van der Waals surface area contributed by atoms with Crippen molar-refractivity contribution in [1.82, 2.24) is 0 Å². The van der Waals surface area contributed by atoms with Crippen LogP contribution < -0.4 is 4.74 Å². The van der Waals surface area contributed by atoms with Crippen LogP contribution in [0.25, 0.3) is 0 Å². The van der Waals surface area contributed by atoms with Crippen LogP contribution in [0, 0.1) is 0 Å². The molecule has 1 aromatic rings. The minimum absolute atomic E-state index is 0.00759. The molecule has 0 unspecified atom stereocenters. The van der Waals surface area contributed by atoms with Crippen molar-refractivity contribution < 1.29 is 19.4 Å². The summed E-state index contributed by atoms with van der Waals surface area (Å²) in [7, 11) is 0. The molecule has 0 aliphatic carbocycles. The van der Waals surface area contributed by atoms with Gasteiger partial charge in [0.2, 0.25) is 0 Å². The fraction of sp³-hybridized carbons (Fsp3) is 0.462. The van der Waals surface area contributed by atoms with Crippen LogP contribution >= 0.6 is 0 Å². The summed E-state index contributed by atoms with van der Waals surface area (Å²) in [4.78, 5) is 11.4. The van der Waals surface area contributed by atoms with E-state index in [-0.39, 0.29) is 13.2 Å².